The number of hydrogen-bond acceptors (Lipinski definition) is 3. The number of likely N-dealkylation sites (tertiary alicyclic amines) is 1. The molecular formula is C19H19F3N2O2S. The van der Waals surface area contributed by atoms with Crippen LogP contribution in [-0.4, -0.2) is 29.8 Å². The first-order valence-corrected chi connectivity index (χ1v) is 9.49. The first-order valence-electron chi connectivity index (χ1n) is 8.61. The predicted octanol–water partition coefficient (Wildman–Crippen LogP) is 3.94. The normalized spacial score (nSPS) is 15.6. The monoisotopic (exact) mass is 396 g/mol. The lowest BCUT2D eigenvalue weighted by Crippen LogP contribution is -2.42. The second-order valence-corrected chi connectivity index (χ2v) is 7.47. The van der Waals surface area contributed by atoms with Crippen LogP contribution >= 0.6 is 11.3 Å². The molecule has 27 heavy (non-hydrogen) atoms. The number of benzene rings is 1. The van der Waals surface area contributed by atoms with E-state index in [1.165, 1.54) is 12.1 Å². The van der Waals surface area contributed by atoms with E-state index in [0.717, 1.165) is 17.0 Å². The first-order chi connectivity index (χ1) is 12.8. The third kappa shape index (κ3) is 4.88. The number of alkyl halides is 3. The molecule has 0 aliphatic carbocycles. The molecule has 0 bridgehead atoms. The van der Waals surface area contributed by atoms with E-state index >= 15 is 0 Å². The maximum absolute atomic E-state index is 12.6. The molecule has 2 heterocycles. The average Bonchev–Trinajstić information content (AvgIpc) is 3.19. The Bertz CT molecular complexity index is 780. The smallest absolute Gasteiger partial charge is 0.351 e. The number of thiophene rings is 1. The zero-order valence-corrected chi connectivity index (χ0v) is 15.3. The van der Waals surface area contributed by atoms with E-state index in [2.05, 4.69) is 5.32 Å². The van der Waals surface area contributed by atoms with Gasteiger partial charge in [0.2, 0.25) is 5.91 Å². The molecule has 1 fully saturated rings. The number of amides is 2. The van der Waals surface area contributed by atoms with Gasteiger partial charge < -0.3 is 10.2 Å². The molecule has 4 nitrogen and oxygen atoms in total. The molecule has 144 valence electrons. The number of halogens is 3. The van der Waals surface area contributed by atoms with Crippen molar-refractivity contribution >= 4 is 23.2 Å². The van der Waals surface area contributed by atoms with Gasteiger partial charge in [-0.15, -0.1) is 11.3 Å². The van der Waals surface area contributed by atoms with E-state index < -0.39 is 11.7 Å². The molecular weight excluding hydrogens is 377 g/mol. The van der Waals surface area contributed by atoms with Gasteiger partial charge in [0.05, 0.1) is 12.1 Å². The van der Waals surface area contributed by atoms with Crippen LogP contribution in [0.3, 0.4) is 0 Å². The number of piperidine rings is 1. The van der Waals surface area contributed by atoms with Gasteiger partial charge in [0.25, 0.3) is 5.91 Å². The standard InChI is InChI=1S/C19H19F3N2O2S/c20-19(21,22)15-5-3-14(4-6-15)18(26)24-9-7-13(8-10-24)17(25)23-12-16-2-1-11-27-16/h1-6,11,13H,7-10,12H2,(H,23,25). The van der Waals surface area contributed by atoms with Gasteiger partial charge in [-0.1, -0.05) is 6.07 Å². The molecule has 1 aliphatic rings. The summed E-state index contributed by atoms with van der Waals surface area (Å²) < 4.78 is 37.8. The Balaban J connectivity index is 1.51. The highest BCUT2D eigenvalue weighted by Gasteiger charge is 2.31. The molecule has 2 amide bonds. The molecule has 0 atom stereocenters. The third-order valence-corrected chi connectivity index (χ3v) is 5.51. The molecule has 0 unspecified atom stereocenters. The SMILES string of the molecule is O=C(NCc1cccs1)C1CCN(C(=O)c2ccc(C(F)(F)F)cc2)CC1. The van der Waals surface area contributed by atoms with Crippen molar-refractivity contribution in [1.82, 2.24) is 10.2 Å². The summed E-state index contributed by atoms with van der Waals surface area (Å²) in [6, 6.07) is 8.11. The minimum Gasteiger partial charge on any atom is -0.351 e. The van der Waals surface area contributed by atoms with Crippen LogP contribution < -0.4 is 5.32 Å². The fourth-order valence-corrected chi connectivity index (χ4v) is 3.71. The molecule has 0 saturated carbocycles. The van der Waals surface area contributed by atoms with Crippen LogP contribution in [0.15, 0.2) is 41.8 Å². The van der Waals surface area contributed by atoms with E-state index in [9.17, 15) is 22.8 Å². The van der Waals surface area contributed by atoms with Crippen LogP contribution in [0.5, 0.6) is 0 Å². The summed E-state index contributed by atoms with van der Waals surface area (Å²) in [6.45, 7) is 1.33. The van der Waals surface area contributed by atoms with Crippen LogP contribution in [0.2, 0.25) is 0 Å². The second kappa shape index (κ2) is 8.12. The van der Waals surface area contributed by atoms with Crippen molar-refractivity contribution in [3.63, 3.8) is 0 Å². The number of nitrogens with one attached hydrogen (secondary N) is 1. The summed E-state index contributed by atoms with van der Waals surface area (Å²) >= 11 is 1.58. The summed E-state index contributed by atoms with van der Waals surface area (Å²) in [5.41, 5.74) is -0.552. The van der Waals surface area contributed by atoms with Crippen molar-refractivity contribution < 1.29 is 22.8 Å². The summed E-state index contributed by atoms with van der Waals surface area (Å²) in [7, 11) is 0. The van der Waals surface area contributed by atoms with Gasteiger partial charge in [-0.2, -0.15) is 13.2 Å². The predicted molar refractivity (Wildman–Crippen MR) is 96.2 cm³/mol. The molecule has 3 rings (SSSR count). The quantitative estimate of drug-likeness (QED) is 0.851. The zero-order valence-electron chi connectivity index (χ0n) is 14.5. The Morgan fingerprint density at radius 2 is 1.78 bits per heavy atom. The van der Waals surface area contributed by atoms with Gasteiger partial charge in [-0.25, -0.2) is 0 Å². The lowest BCUT2D eigenvalue weighted by atomic mass is 9.95. The number of carbonyl (C=O) groups excluding carboxylic acids is 2. The highest BCUT2D eigenvalue weighted by atomic mass is 32.1. The van der Waals surface area contributed by atoms with Gasteiger partial charge in [0.1, 0.15) is 0 Å². The Morgan fingerprint density at radius 1 is 1.11 bits per heavy atom. The number of rotatable bonds is 4. The first kappa shape index (κ1) is 19.4. The van der Waals surface area contributed by atoms with Gasteiger partial charge in [0.15, 0.2) is 0 Å². The molecule has 1 aliphatic heterocycles. The zero-order chi connectivity index (χ0) is 19.4. The second-order valence-electron chi connectivity index (χ2n) is 6.44. The lowest BCUT2D eigenvalue weighted by Gasteiger charge is -2.31. The topological polar surface area (TPSA) is 49.4 Å². The molecule has 0 spiro atoms. The van der Waals surface area contributed by atoms with Crippen molar-refractivity contribution in [2.45, 2.75) is 25.6 Å². The largest absolute Gasteiger partial charge is 0.416 e. The number of nitrogens with zero attached hydrogens (tertiary/aromatic N) is 1. The fraction of sp³-hybridized carbons (Fsp3) is 0.368. The van der Waals surface area contributed by atoms with Gasteiger partial charge in [-0.3, -0.25) is 9.59 Å². The highest BCUT2D eigenvalue weighted by molar-refractivity contribution is 7.09. The van der Waals surface area contributed by atoms with E-state index in [4.69, 9.17) is 0 Å². The summed E-state index contributed by atoms with van der Waals surface area (Å²) in [5.74, 6) is -0.479. The summed E-state index contributed by atoms with van der Waals surface area (Å²) in [4.78, 5) is 27.4. The lowest BCUT2D eigenvalue weighted by molar-refractivity contribution is -0.137. The van der Waals surface area contributed by atoms with Gasteiger partial charge >= 0.3 is 6.18 Å². The Kier molecular flexibility index (Phi) is 5.84. The molecule has 1 N–H and O–H groups in total. The molecule has 2 aromatic rings. The molecule has 8 heteroatoms. The minimum absolute atomic E-state index is 0.0231. The summed E-state index contributed by atoms with van der Waals surface area (Å²) in [6.07, 6.45) is -3.33. The molecule has 1 saturated heterocycles. The third-order valence-electron chi connectivity index (χ3n) is 4.63. The van der Waals surface area contributed by atoms with Crippen molar-refractivity contribution in [1.29, 1.82) is 0 Å². The highest BCUT2D eigenvalue weighted by Crippen LogP contribution is 2.29. The summed E-state index contributed by atoms with van der Waals surface area (Å²) in [5, 5.41) is 4.86. The van der Waals surface area contributed by atoms with Crippen LogP contribution in [0.4, 0.5) is 13.2 Å². The van der Waals surface area contributed by atoms with Crippen molar-refractivity contribution in [3.05, 3.63) is 57.8 Å². The van der Waals surface area contributed by atoms with E-state index in [1.54, 1.807) is 16.2 Å². The van der Waals surface area contributed by atoms with Crippen molar-refractivity contribution in [2.75, 3.05) is 13.1 Å². The van der Waals surface area contributed by atoms with Gasteiger partial charge in [-0.05, 0) is 48.6 Å². The number of hydrogen-bond donors (Lipinski definition) is 1. The minimum atomic E-state index is -4.42. The van der Waals surface area contributed by atoms with Crippen molar-refractivity contribution in [2.24, 2.45) is 5.92 Å². The molecule has 1 aromatic heterocycles. The number of carbonyl (C=O) groups is 2. The van der Waals surface area contributed by atoms with E-state index in [0.29, 0.717) is 32.5 Å². The van der Waals surface area contributed by atoms with Crippen molar-refractivity contribution in [3.8, 4) is 0 Å². The Hall–Kier alpha value is -2.35. The molecule has 1 aromatic carbocycles. The maximum Gasteiger partial charge on any atom is 0.416 e. The Labute approximate surface area is 159 Å². The average molecular weight is 396 g/mol. The van der Waals surface area contributed by atoms with E-state index in [-0.39, 0.29) is 23.3 Å². The van der Waals surface area contributed by atoms with Crippen LogP contribution in [0, 0.1) is 5.92 Å². The Morgan fingerprint density at radius 3 is 2.33 bits per heavy atom. The molecule has 0 radical (unpaired) electrons. The van der Waals surface area contributed by atoms with Crippen LogP contribution in [0.25, 0.3) is 0 Å². The van der Waals surface area contributed by atoms with Crippen LogP contribution in [0.1, 0.15) is 33.6 Å². The fourth-order valence-electron chi connectivity index (χ4n) is 3.06. The van der Waals surface area contributed by atoms with Gasteiger partial charge in [0, 0.05) is 29.4 Å². The maximum atomic E-state index is 12.6. The van der Waals surface area contributed by atoms with Crippen LogP contribution in [-0.2, 0) is 17.5 Å². The van der Waals surface area contributed by atoms with E-state index in [1.807, 2.05) is 17.5 Å².